The lowest BCUT2D eigenvalue weighted by atomic mass is 9.86. The minimum Gasteiger partial charge on any atom is -0.481 e. The number of thiophene rings is 1. The van der Waals surface area contributed by atoms with Gasteiger partial charge in [-0.25, -0.2) is 0 Å². The summed E-state index contributed by atoms with van der Waals surface area (Å²) >= 11 is 1.33. The van der Waals surface area contributed by atoms with Crippen LogP contribution < -0.4 is 10.6 Å². The molecule has 3 N–H and O–H groups in total. The van der Waals surface area contributed by atoms with Crippen molar-refractivity contribution in [2.45, 2.75) is 31.2 Å². The van der Waals surface area contributed by atoms with E-state index in [9.17, 15) is 14.4 Å². The molecule has 1 saturated heterocycles. The van der Waals surface area contributed by atoms with Crippen molar-refractivity contribution in [2.24, 2.45) is 0 Å². The van der Waals surface area contributed by atoms with E-state index in [0.29, 0.717) is 30.9 Å². The summed E-state index contributed by atoms with van der Waals surface area (Å²) in [4.78, 5) is 35.5. The van der Waals surface area contributed by atoms with Crippen molar-refractivity contribution in [1.29, 1.82) is 0 Å². The largest absolute Gasteiger partial charge is 0.481 e. The molecule has 0 radical (unpaired) electrons. The van der Waals surface area contributed by atoms with Crippen LogP contribution in [0.1, 0.15) is 35.4 Å². The smallest absolute Gasteiger partial charge is 0.305 e. The monoisotopic (exact) mass is 340 g/mol. The lowest BCUT2D eigenvalue weighted by Gasteiger charge is -2.36. The number of carbonyl (C=O) groups excluding carboxylic acids is 2. The predicted molar refractivity (Wildman–Crippen MR) is 84.4 cm³/mol. The standard InChI is InChI=1S/C15H20N2O5S/c18-12(3-6-16-14(21)11-2-1-9-23-11)17-15(10-13(19)20)4-7-22-8-5-15/h1-2,9H,3-8,10H2,(H,16,21)(H,17,18)(H,19,20). The fraction of sp³-hybridized carbons (Fsp3) is 0.533. The van der Waals surface area contributed by atoms with Crippen LogP contribution >= 0.6 is 11.3 Å². The number of carbonyl (C=O) groups is 3. The topological polar surface area (TPSA) is 105 Å². The van der Waals surface area contributed by atoms with E-state index in [4.69, 9.17) is 9.84 Å². The van der Waals surface area contributed by atoms with Crippen molar-refractivity contribution >= 4 is 29.1 Å². The molecule has 1 aromatic rings. The van der Waals surface area contributed by atoms with Crippen LogP contribution in [-0.2, 0) is 14.3 Å². The van der Waals surface area contributed by atoms with Crippen LogP contribution in [0, 0.1) is 0 Å². The van der Waals surface area contributed by atoms with E-state index < -0.39 is 11.5 Å². The van der Waals surface area contributed by atoms with Crippen molar-refractivity contribution < 1.29 is 24.2 Å². The number of carboxylic acid groups (broad SMARTS) is 1. The first-order valence-corrected chi connectivity index (χ1v) is 8.31. The highest BCUT2D eigenvalue weighted by Crippen LogP contribution is 2.24. The molecule has 7 nitrogen and oxygen atoms in total. The van der Waals surface area contributed by atoms with Crippen molar-refractivity contribution in [1.82, 2.24) is 10.6 Å². The maximum Gasteiger partial charge on any atom is 0.305 e. The highest BCUT2D eigenvalue weighted by atomic mass is 32.1. The molecule has 0 aliphatic carbocycles. The van der Waals surface area contributed by atoms with Gasteiger partial charge in [0.15, 0.2) is 0 Å². The van der Waals surface area contributed by atoms with Crippen LogP contribution in [0.5, 0.6) is 0 Å². The molecule has 126 valence electrons. The Balaban J connectivity index is 1.80. The summed E-state index contributed by atoms with van der Waals surface area (Å²) in [5.41, 5.74) is -0.751. The average molecular weight is 340 g/mol. The predicted octanol–water partition coefficient (Wildman–Crippen LogP) is 1.01. The van der Waals surface area contributed by atoms with E-state index in [1.807, 2.05) is 5.38 Å². The fourth-order valence-corrected chi connectivity index (χ4v) is 3.18. The molecule has 1 aliphatic heterocycles. The summed E-state index contributed by atoms with van der Waals surface area (Å²) in [6, 6.07) is 3.50. The first-order chi connectivity index (χ1) is 11.0. The average Bonchev–Trinajstić information content (AvgIpc) is 3.01. The summed E-state index contributed by atoms with van der Waals surface area (Å²) in [5.74, 6) is -1.42. The number of carboxylic acids is 1. The lowest BCUT2D eigenvalue weighted by molar-refractivity contribution is -0.140. The SMILES string of the molecule is O=C(O)CC1(NC(=O)CCNC(=O)c2cccs2)CCOCC1. The molecule has 0 spiro atoms. The van der Waals surface area contributed by atoms with Crippen molar-refractivity contribution in [3.05, 3.63) is 22.4 Å². The van der Waals surface area contributed by atoms with Crippen LogP contribution in [-0.4, -0.2) is 48.2 Å². The van der Waals surface area contributed by atoms with Gasteiger partial charge in [0.1, 0.15) is 0 Å². The second-order valence-electron chi connectivity index (χ2n) is 5.49. The van der Waals surface area contributed by atoms with Crippen LogP contribution in [0.2, 0.25) is 0 Å². The zero-order valence-corrected chi connectivity index (χ0v) is 13.5. The van der Waals surface area contributed by atoms with Crippen LogP contribution in [0.25, 0.3) is 0 Å². The zero-order valence-electron chi connectivity index (χ0n) is 12.7. The van der Waals surface area contributed by atoms with E-state index in [0.717, 1.165) is 0 Å². The summed E-state index contributed by atoms with van der Waals surface area (Å²) in [6.45, 7) is 1.08. The van der Waals surface area contributed by atoms with Crippen molar-refractivity contribution in [3.63, 3.8) is 0 Å². The molecule has 0 bridgehead atoms. The summed E-state index contributed by atoms with van der Waals surface area (Å²) in [5, 5.41) is 16.4. The number of amides is 2. The first kappa shape index (κ1) is 17.4. The van der Waals surface area contributed by atoms with Crippen LogP contribution in [0.4, 0.5) is 0 Å². The molecule has 2 amide bonds. The molecule has 1 aromatic heterocycles. The van der Waals surface area contributed by atoms with Gasteiger partial charge >= 0.3 is 5.97 Å². The van der Waals surface area contributed by atoms with Gasteiger partial charge in [-0.15, -0.1) is 11.3 Å². The Morgan fingerprint density at radius 2 is 2.04 bits per heavy atom. The van der Waals surface area contributed by atoms with Crippen molar-refractivity contribution in [3.8, 4) is 0 Å². The minimum atomic E-state index is -0.946. The Labute approximate surface area is 138 Å². The minimum absolute atomic E-state index is 0.110. The molecule has 2 rings (SSSR count). The number of ether oxygens (including phenoxy) is 1. The Kier molecular flexibility index (Phi) is 6.12. The van der Waals surface area contributed by atoms with E-state index in [-0.39, 0.29) is 31.2 Å². The number of hydrogen-bond donors (Lipinski definition) is 3. The fourth-order valence-electron chi connectivity index (χ4n) is 2.54. The second-order valence-corrected chi connectivity index (χ2v) is 6.44. The number of rotatable bonds is 7. The Morgan fingerprint density at radius 1 is 1.30 bits per heavy atom. The third kappa shape index (κ3) is 5.33. The van der Waals surface area contributed by atoms with Gasteiger partial charge in [0.05, 0.1) is 16.8 Å². The number of hydrogen-bond acceptors (Lipinski definition) is 5. The van der Waals surface area contributed by atoms with Crippen molar-refractivity contribution in [2.75, 3.05) is 19.8 Å². The maximum absolute atomic E-state index is 12.1. The molecular weight excluding hydrogens is 320 g/mol. The molecule has 1 fully saturated rings. The number of aliphatic carboxylic acids is 1. The highest BCUT2D eigenvalue weighted by Gasteiger charge is 2.36. The van der Waals surface area contributed by atoms with Gasteiger partial charge < -0.3 is 20.5 Å². The van der Waals surface area contributed by atoms with Gasteiger partial charge in [-0.3, -0.25) is 14.4 Å². The molecular formula is C15H20N2O5S. The number of nitrogens with one attached hydrogen (secondary N) is 2. The molecule has 0 unspecified atom stereocenters. The Bertz CT molecular complexity index is 552. The van der Waals surface area contributed by atoms with E-state index in [1.54, 1.807) is 12.1 Å². The van der Waals surface area contributed by atoms with E-state index in [1.165, 1.54) is 11.3 Å². The molecule has 8 heteroatoms. The normalized spacial score (nSPS) is 16.5. The van der Waals surface area contributed by atoms with Gasteiger partial charge in [-0.2, -0.15) is 0 Å². The summed E-state index contributed by atoms with van der Waals surface area (Å²) in [7, 11) is 0. The van der Waals surface area contributed by atoms with Gasteiger partial charge in [-0.05, 0) is 24.3 Å². The van der Waals surface area contributed by atoms with Crippen LogP contribution in [0.3, 0.4) is 0 Å². The zero-order chi connectivity index (χ0) is 16.7. The summed E-state index contributed by atoms with van der Waals surface area (Å²) < 4.78 is 5.24. The van der Waals surface area contributed by atoms with Gasteiger partial charge in [0.2, 0.25) is 5.91 Å². The first-order valence-electron chi connectivity index (χ1n) is 7.43. The van der Waals surface area contributed by atoms with E-state index in [2.05, 4.69) is 10.6 Å². The third-order valence-corrected chi connectivity index (χ3v) is 4.60. The molecule has 1 aliphatic rings. The Morgan fingerprint density at radius 3 is 2.65 bits per heavy atom. The quantitative estimate of drug-likeness (QED) is 0.687. The van der Waals surface area contributed by atoms with E-state index >= 15 is 0 Å². The molecule has 0 aromatic carbocycles. The molecule has 2 heterocycles. The third-order valence-electron chi connectivity index (χ3n) is 3.73. The van der Waals surface area contributed by atoms with Crippen LogP contribution in [0.15, 0.2) is 17.5 Å². The molecule has 0 atom stereocenters. The van der Waals surface area contributed by atoms with Gasteiger partial charge in [0, 0.05) is 26.2 Å². The maximum atomic E-state index is 12.1. The Hall–Kier alpha value is -1.93. The van der Waals surface area contributed by atoms with Gasteiger partial charge in [-0.1, -0.05) is 6.07 Å². The van der Waals surface area contributed by atoms with Gasteiger partial charge in [0.25, 0.3) is 5.91 Å². The second kappa shape index (κ2) is 8.07. The highest BCUT2D eigenvalue weighted by molar-refractivity contribution is 7.12. The summed E-state index contributed by atoms with van der Waals surface area (Å²) in [6.07, 6.45) is 0.947. The molecule has 23 heavy (non-hydrogen) atoms. The lowest BCUT2D eigenvalue weighted by Crippen LogP contribution is -2.53. The molecule has 0 saturated carbocycles.